The molecule has 1 aliphatic carbocycles. The van der Waals surface area contributed by atoms with Gasteiger partial charge in [-0.05, 0) is 31.6 Å². The van der Waals surface area contributed by atoms with Crippen molar-refractivity contribution in [3.63, 3.8) is 0 Å². The third-order valence-corrected chi connectivity index (χ3v) is 4.29. The summed E-state index contributed by atoms with van der Waals surface area (Å²) in [7, 11) is 0. The first-order valence-electron chi connectivity index (χ1n) is 8.69. The molecule has 0 aliphatic heterocycles. The van der Waals surface area contributed by atoms with E-state index in [-0.39, 0.29) is 24.4 Å². The number of rotatable bonds is 9. The number of carbonyl (C=O) groups is 3. The molecule has 7 nitrogen and oxygen atoms in total. The fourth-order valence-electron chi connectivity index (χ4n) is 3.04. The van der Waals surface area contributed by atoms with Crippen LogP contribution in [0.5, 0.6) is 0 Å². The van der Waals surface area contributed by atoms with Crippen LogP contribution in [0.3, 0.4) is 0 Å². The molecule has 1 unspecified atom stereocenters. The van der Waals surface area contributed by atoms with Gasteiger partial charge in [0.05, 0.1) is 6.42 Å². The number of carbonyl (C=O) groups excluding carboxylic acids is 2. The molecule has 1 rings (SSSR count). The maximum Gasteiger partial charge on any atom is 0.407 e. The molecule has 138 valence electrons. The smallest absolute Gasteiger partial charge is 0.407 e. The molecule has 1 aliphatic rings. The molecule has 0 bridgehead atoms. The van der Waals surface area contributed by atoms with Gasteiger partial charge in [-0.25, -0.2) is 4.79 Å². The minimum Gasteiger partial charge on any atom is -0.481 e. The Morgan fingerprint density at radius 2 is 1.88 bits per heavy atom. The molecule has 0 aromatic heterocycles. The van der Waals surface area contributed by atoms with E-state index in [2.05, 4.69) is 5.32 Å². The van der Waals surface area contributed by atoms with Crippen molar-refractivity contribution in [2.24, 2.45) is 5.41 Å². The number of aliphatic carboxylic acids is 1. The highest BCUT2D eigenvalue weighted by molar-refractivity contribution is 5.70. The number of amides is 1. The maximum atomic E-state index is 11.9. The Kier molecular flexibility index (Phi) is 8.57. The largest absolute Gasteiger partial charge is 0.481 e. The molecule has 1 atom stereocenters. The van der Waals surface area contributed by atoms with Gasteiger partial charge in [-0.1, -0.05) is 26.2 Å². The molecule has 0 radical (unpaired) electrons. The molecule has 24 heavy (non-hydrogen) atoms. The number of hydrogen-bond acceptors (Lipinski definition) is 5. The van der Waals surface area contributed by atoms with E-state index in [1.54, 1.807) is 6.92 Å². The fourth-order valence-corrected chi connectivity index (χ4v) is 3.04. The van der Waals surface area contributed by atoms with Crippen LogP contribution < -0.4 is 5.32 Å². The van der Waals surface area contributed by atoms with Crippen LogP contribution in [-0.4, -0.2) is 42.4 Å². The first-order chi connectivity index (χ1) is 11.4. The molecule has 2 N–H and O–H groups in total. The maximum absolute atomic E-state index is 11.9. The predicted molar refractivity (Wildman–Crippen MR) is 87.6 cm³/mol. The average molecular weight is 343 g/mol. The lowest BCUT2D eigenvalue weighted by atomic mass is 9.72. The average Bonchev–Trinajstić information content (AvgIpc) is 2.52. The van der Waals surface area contributed by atoms with Crippen LogP contribution in [0.2, 0.25) is 0 Å². The van der Waals surface area contributed by atoms with Gasteiger partial charge in [0, 0.05) is 13.0 Å². The van der Waals surface area contributed by atoms with Gasteiger partial charge >= 0.3 is 18.0 Å². The number of nitrogens with one attached hydrogen (secondary N) is 1. The van der Waals surface area contributed by atoms with Gasteiger partial charge in [0.1, 0.15) is 12.7 Å². The van der Waals surface area contributed by atoms with Crippen molar-refractivity contribution in [2.75, 3.05) is 13.2 Å². The van der Waals surface area contributed by atoms with Gasteiger partial charge in [-0.3, -0.25) is 9.59 Å². The fraction of sp³-hybridized carbons (Fsp3) is 0.824. The van der Waals surface area contributed by atoms with Gasteiger partial charge < -0.3 is 19.9 Å². The van der Waals surface area contributed by atoms with Crippen LogP contribution >= 0.6 is 0 Å². The van der Waals surface area contributed by atoms with Crippen LogP contribution in [0.15, 0.2) is 0 Å². The van der Waals surface area contributed by atoms with E-state index in [1.807, 2.05) is 6.92 Å². The summed E-state index contributed by atoms with van der Waals surface area (Å²) in [6.07, 6.45) is 4.60. The highest BCUT2D eigenvalue weighted by Crippen LogP contribution is 2.38. The van der Waals surface area contributed by atoms with E-state index in [9.17, 15) is 14.4 Å². The van der Waals surface area contributed by atoms with E-state index in [4.69, 9.17) is 14.6 Å². The summed E-state index contributed by atoms with van der Waals surface area (Å²) in [5.41, 5.74) is -0.389. The van der Waals surface area contributed by atoms with E-state index >= 15 is 0 Å². The highest BCUT2D eigenvalue weighted by atomic mass is 16.6. The second-order valence-electron chi connectivity index (χ2n) is 6.63. The number of carboxylic acid groups (broad SMARTS) is 1. The zero-order valence-electron chi connectivity index (χ0n) is 14.6. The Balaban J connectivity index is 2.37. The van der Waals surface area contributed by atoms with E-state index in [0.29, 0.717) is 19.4 Å². The summed E-state index contributed by atoms with van der Waals surface area (Å²) < 4.78 is 10.1. The zero-order chi connectivity index (χ0) is 18.0. The van der Waals surface area contributed by atoms with Crippen molar-refractivity contribution < 1.29 is 29.0 Å². The highest BCUT2D eigenvalue weighted by Gasteiger charge is 2.35. The van der Waals surface area contributed by atoms with Crippen molar-refractivity contribution >= 4 is 18.0 Å². The summed E-state index contributed by atoms with van der Waals surface area (Å²) >= 11 is 0. The lowest BCUT2D eigenvalue weighted by molar-refractivity contribution is -0.146. The first-order valence-corrected chi connectivity index (χ1v) is 8.69. The predicted octanol–water partition coefficient (Wildman–Crippen LogP) is 2.87. The van der Waals surface area contributed by atoms with Crippen molar-refractivity contribution in [1.82, 2.24) is 5.32 Å². The molecule has 0 spiro atoms. The summed E-state index contributed by atoms with van der Waals surface area (Å²) in [5.74, 6) is -1.15. The molecule has 0 heterocycles. The number of hydrogen-bond donors (Lipinski definition) is 2. The Morgan fingerprint density at radius 3 is 2.46 bits per heavy atom. The monoisotopic (exact) mass is 343 g/mol. The molecule has 7 heteroatoms. The van der Waals surface area contributed by atoms with Gasteiger partial charge in [0.15, 0.2) is 0 Å². The Morgan fingerprint density at radius 1 is 1.21 bits per heavy atom. The summed E-state index contributed by atoms with van der Waals surface area (Å²) in [4.78, 5) is 34.3. The number of alkyl carbamates (subject to hydrolysis) is 1. The van der Waals surface area contributed by atoms with Crippen molar-refractivity contribution in [3.05, 3.63) is 0 Å². The third-order valence-electron chi connectivity index (χ3n) is 4.29. The van der Waals surface area contributed by atoms with Gasteiger partial charge in [0.2, 0.25) is 0 Å². The summed E-state index contributed by atoms with van der Waals surface area (Å²) in [6.45, 7) is 3.84. The first kappa shape index (κ1) is 20.3. The molecule has 1 saturated carbocycles. The summed E-state index contributed by atoms with van der Waals surface area (Å²) in [5, 5.41) is 11.8. The molecule has 0 aromatic rings. The van der Waals surface area contributed by atoms with E-state index in [0.717, 1.165) is 32.1 Å². The van der Waals surface area contributed by atoms with E-state index < -0.39 is 18.2 Å². The topological polar surface area (TPSA) is 102 Å². The van der Waals surface area contributed by atoms with Crippen LogP contribution in [-0.2, 0) is 19.1 Å². The minimum absolute atomic E-state index is 0.0204. The second kappa shape index (κ2) is 10.2. The van der Waals surface area contributed by atoms with Crippen molar-refractivity contribution in [1.29, 1.82) is 0 Å². The molecule has 0 saturated heterocycles. The van der Waals surface area contributed by atoms with Crippen molar-refractivity contribution in [3.8, 4) is 0 Å². The summed E-state index contributed by atoms with van der Waals surface area (Å²) in [6, 6.07) is 0. The second-order valence-corrected chi connectivity index (χ2v) is 6.63. The van der Waals surface area contributed by atoms with Crippen LogP contribution in [0.4, 0.5) is 4.79 Å². The molecular weight excluding hydrogens is 314 g/mol. The normalized spacial score (nSPS) is 17.6. The van der Waals surface area contributed by atoms with Gasteiger partial charge in [-0.15, -0.1) is 0 Å². The molecule has 1 fully saturated rings. The van der Waals surface area contributed by atoms with Crippen molar-refractivity contribution in [2.45, 2.75) is 71.3 Å². The lowest BCUT2D eigenvalue weighted by Gasteiger charge is -2.36. The van der Waals surface area contributed by atoms with Gasteiger partial charge in [0.25, 0.3) is 0 Å². The number of esters is 1. The van der Waals surface area contributed by atoms with Crippen LogP contribution in [0.25, 0.3) is 0 Å². The van der Waals surface area contributed by atoms with E-state index in [1.165, 1.54) is 0 Å². The zero-order valence-corrected chi connectivity index (χ0v) is 14.6. The minimum atomic E-state index is -0.844. The van der Waals surface area contributed by atoms with Crippen LogP contribution in [0, 0.1) is 5.41 Å². The lowest BCUT2D eigenvalue weighted by Crippen LogP contribution is -2.41. The SMILES string of the molecule is CCCC(=O)OCC(C)OC(=O)NCC1(CC(=O)O)CCCCC1. The third kappa shape index (κ3) is 7.66. The van der Waals surface area contributed by atoms with Gasteiger partial charge in [-0.2, -0.15) is 0 Å². The standard InChI is InChI=1S/C17H29NO6/c1-3-7-15(21)23-11-13(2)24-16(22)18-12-17(10-14(19)20)8-5-4-6-9-17/h13H,3-12H2,1-2H3,(H,18,22)(H,19,20). The Hall–Kier alpha value is -1.79. The quantitative estimate of drug-likeness (QED) is 0.624. The molecular formula is C17H29NO6. The molecule has 1 amide bonds. The molecule has 0 aromatic carbocycles. The number of ether oxygens (including phenoxy) is 2. The number of carboxylic acids is 1. The van der Waals surface area contributed by atoms with Crippen LogP contribution in [0.1, 0.15) is 65.2 Å². The Bertz CT molecular complexity index is 431. The Labute approximate surface area is 143 Å².